The van der Waals surface area contributed by atoms with Crippen LogP contribution in [0.4, 0.5) is 0 Å². The molecule has 122 valence electrons. The fraction of sp³-hybridized carbons (Fsp3) is 0.556. The molecule has 0 spiro atoms. The van der Waals surface area contributed by atoms with E-state index in [9.17, 15) is 14.7 Å². The Morgan fingerprint density at radius 2 is 2.05 bits per heavy atom. The molecule has 0 amide bonds. The monoisotopic (exact) mass is 306 g/mol. The summed E-state index contributed by atoms with van der Waals surface area (Å²) in [4.78, 5) is 22.4. The molecule has 1 rings (SSSR count). The third-order valence-electron chi connectivity index (χ3n) is 3.71. The topological polar surface area (TPSA) is 74.6 Å². The van der Waals surface area contributed by atoms with Crippen molar-refractivity contribution in [3.8, 4) is 0 Å². The van der Waals surface area contributed by atoms with E-state index in [1.165, 1.54) is 0 Å². The summed E-state index contributed by atoms with van der Waals surface area (Å²) >= 11 is 0. The van der Waals surface area contributed by atoms with Gasteiger partial charge in [0.05, 0.1) is 6.10 Å². The van der Waals surface area contributed by atoms with E-state index < -0.39 is 12.1 Å². The van der Waals surface area contributed by atoms with Crippen molar-refractivity contribution in [2.24, 2.45) is 0 Å². The smallest absolute Gasteiger partial charge is 0.303 e. The zero-order chi connectivity index (χ0) is 16.4. The molecule has 0 radical (unpaired) electrons. The highest BCUT2D eigenvalue weighted by Gasteiger charge is 2.20. The maximum absolute atomic E-state index is 11.9. The summed E-state index contributed by atoms with van der Waals surface area (Å²) in [5.74, 6) is -0.634. The van der Waals surface area contributed by atoms with Crippen LogP contribution in [0.1, 0.15) is 58.3 Å². The maximum Gasteiger partial charge on any atom is 0.303 e. The number of aliphatic hydroxyl groups is 1. The number of ketones is 1. The minimum absolute atomic E-state index is 0.148. The number of Topliss-reactive ketones (excluding diaryl/α,β-unsaturated/α-hetero) is 1. The lowest BCUT2D eigenvalue weighted by Gasteiger charge is -2.04. The van der Waals surface area contributed by atoms with Crippen LogP contribution in [-0.2, 0) is 9.59 Å². The highest BCUT2D eigenvalue weighted by atomic mass is 16.4. The Morgan fingerprint density at radius 1 is 1.27 bits per heavy atom. The molecule has 0 unspecified atom stereocenters. The maximum atomic E-state index is 11.9. The summed E-state index contributed by atoms with van der Waals surface area (Å²) in [6.07, 6.45) is 11.9. The lowest BCUT2D eigenvalue weighted by Crippen LogP contribution is -2.00. The number of carboxylic acid groups (broad SMARTS) is 1. The van der Waals surface area contributed by atoms with Gasteiger partial charge in [-0.25, -0.2) is 0 Å². The number of allylic oxidation sites excluding steroid dienone is 4. The lowest BCUT2D eigenvalue weighted by atomic mass is 10.0. The summed E-state index contributed by atoms with van der Waals surface area (Å²) in [5, 5.41) is 18.5. The second-order valence-electron chi connectivity index (χ2n) is 5.57. The van der Waals surface area contributed by atoms with Gasteiger partial charge in [-0.05, 0) is 49.7 Å². The van der Waals surface area contributed by atoms with E-state index in [4.69, 9.17) is 5.11 Å². The number of unbranched alkanes of at least 4 members (excludes halogenated alkanes) is 1. The Labute approximate surface area is 132 Å². The predicted molar refractivity (Wildman–Crippen MR) is 86.6 cm³/mol. The molecule has 0 saturated carbocycles. The quantitative estimate of drug-likeness (QED) is 0.478. The first kappa shape index (κ1) is 18.4. The van der Waals surface area contributed by atoms with Gasteiger partial charge in [0.1, 0.15) is 0 Å². The van der Waals surface area contributed by atoms with Crippen LogP contribution < -0.4 is 0 Å². The first-order chi connectivity index (χ1) is 10.5. The van der Waals surface area contributed by atoms with E-state index in [0.717, 1.165) is 24.0 Å². The molecule has 4 heteroatoms. The standard InChI is InChI=1S/C18H26O4/c1-2-3-4-7-15(19)12-10-14-11-13-17(20)16(14)8-5-6-9-18(21)22/h3-4,10,12,15,19H,2,5-9,11,13H2,1H3,(H,21,22)/b4-3-,12-10+/t15-/m1/s1. The normalized spacial score (nSPS) is 17.1. The number of aliphatic carboxylic acids is 1. The van der Waals surface area contributed by atoms with Gasteiger partial charge in [-0.3, -0.25) is 9.59 Å². The van der Waals surface area contributed by atoms with Crippen LogP contribution in [0.5, 0.6) is 0 Å². The van der Waals surface area contributed by atoms with Crippen LogP contribution in [0.25, 0.3) is 0 Å². The number of rotatable bonds is 10. The van der Waals surface area contributed by atoms with E-state index in [-0.39, 0.29) is 12.2 Å². The van der Waals surface area contributed by atoms with Gasteiger partial charge in [-0.1, -0.05) is 31.2 Å². The van der Waals surface area contributed by atoms with Crippen LogP contribution in [0.3, 0.4) is 0 Å². The Morgan fingerprint density at radius 3 is 2.73 bits per heavy atom. The van der Waals surface area contributed by atoms with Gasteiger partial charge in [-0.2, -0.15) is 0 Å². The van der Waals surface area contributed by atoms with Crippen molar-refractivity contribution in [2.75, 3.05) is 0 Å². The van der Waals surface area contributed by atoms with Crippen molar-refractivity contribution in [2.45, 2.75) is 64.4 Å². The molecule has 0 aliphatic heterocycles. The lowest BCUT2D eigenvalue weighted by molar-refractivity contribution is -0.137. The van der Waals surface area contributed by atoms with E-state index in [1.807, 2.05) is 25.2 Å². The van der Waals surface area contributed by atoms with E-state index >= 15 is 0 Å². The van der Waals surface area contributed by atoms with Gasteiger partial charge in [-0.15, -0.1) is 0 Å². The minimum atomic E-state index is -0.796. The van der Waals surface area contributed by atoms with Crippen LogP contribution in [0, 0.1) is 0 Å². The Bertz CT molecular complexity index is 471. The highest BCUT2D eigenvalue weighted by molar-refractivity contribution is 5.99. The molecule has 0 heterocycles. The largest absolute Gasteiger partial charge is 0.481 e. The third-order valence-corrected chi connectivity index (χ3v) is 3.71. The number of aliphatic hydroxyl groups excluding tert-OH is 1. The zero-order valence-corrected chi connectivity index (χ0v) is 13.3. The molecule has 22 heavy (non-hydrogen) atoms. The molecule has 0 aromatic rings. The van der Waals surface area contributed by atoms with Crippen molar-refractivity contribution in [3.63, 3.8) is 0 Å². The molecule has 0 aromatic heterocycles. The van der Waals surface area contributed by atoms with Crippen molar-refractivity contribution in [1.29, 1.82) is 0 Å². The predicted octanol–water partition coefficient (Wildman–Crippen LogP) is 3.56. The highest BCUT2D eigenvalue weighted by Crippen LogP contribution is 2.28. The second kappa shape index (κ2) is 10.1. The first-order valence-electron chi connectivity index (χ1n) is 8.02. The van der Waals surface area contributed by atoms with Crippen LogP contribution in [-0.4, -0.2) is 28.1 Å². The average Bonchev–Trinajstić information content (AvgIpc) is 2.82. The average molecular weight is 306 g/mol. The fourth-order valence-corrected chi connectivity index (χ4v) is 2.50. The van der Waals surface area contributed by atoms with Crippen LogP contribution in [0.15, 0.2) is 35.5 Å². The molecule has 1 aliphatic rings. The zero-order valence-electron chi connectivity index (χ0n) is 13.3. The summed E-state index contributed by atoms with van der Waals surface area (Å²) < 4.78 is 0. The molecule has 0 saturated heterocycles. The summed E-state index contributed by atoms with van der Waals surface area (Å²) in [7, 11) is 0. The molecule has 4 nitrogen and oxygen atoms in total. The van der Waals surface area contributed by atoms with Crippen molar-refractivity contribution >= 4 is 11.8 Å². The van der Waals surface area contributed by atoms with Crippen LogP contribution in [0.2, 0.25) is 0 Å². The van der Waals surface area contributed by atoms with Crippen LogP contribution >= 0.6 is 0 Å². The van der Waals surface area contributed by atoms with E-state index in [1.54, 1.807) is 6.08 Å². The number of carboxylic acids is 1. The molecule has 1 aliphatic carbocycles. The molecule has 1 atom stereocenters. The molecule has 0 aromatic carbocycles. The molecule has 0 fully saturated rings. The van der Waals surface area contributed by atoms with Gasteiger partial charge in [0.15, 0.2) is 5.78 Å². The third kappa shape index (κ3) is 6.85. The van der Waals surface area contributed by atoms with Gasteiger partial charge < -0.3 is 10.2 Å². The molecular weight excluding hydrogens is 280 g/mol. The Hall–Kier alpha value is -1.68. The number of carbonyl (C=O) groups excluding carboxylic acids is 1. The number of hydrogen-bond donors (Lipinski definition) is 2. The van der Waals surface area contributed by atoms with Crippen molar-refractivity contribution < 1.29 is 19.8 Å². The first-order valence-corrected chi connectivity index (χ1v) is 8.02. The van der Waals surface area contributed by atoms with Gasteiger partial charge >= 0.3 is 5.97 Å². The minimum Gasteiger partial charge on any atom is -0.481 e. The number of hydrogen-bond acceptors (Lipinski definition) is 3. The molecule has 2 N–H and O–H groups in total. The second-order valence-corrected chi connectivity index (χ2v) is 5.57. The molecule has 0 bridgehead atoms. The number of carbonyl (C=O) groups is 2. The summed E-state index contributed by atoms with van der Waals surface area (Å²) in [6.45, 7) is 2.05. The van der Waals surface area contributed by atoms with Crippen molar-refractivity contribution in [3.05, 3.63) is 35.5 Å². The summed E-state index contributed by atoms with van der Waals surface area (Å²) in [5.41, 5.74) is 1.82. The van der Waals surface area contributed by atoms with E-state index in [2.05, 4.69) is 0 Å². The Balaban J connectivity index is 2.54. The fourth-order valence-electron chi connectivity index (χ4n) is 2.50. The molecular formula is C18H26O4. The van der Waals surface area contributed by atoms with Crippen molar-refractivity contribution in [1.82, 2.24) is 0 Å². The van der Waals surface area contributed by atoms with Gasteiger partial charge in [0, 0.05) is 12.8 Å². The van der Waals surface area contributed by atoms with Gasteiger partial charge in [0.2, 0.25) is 0 Å². The van der Waals surface area contributed by atoms with Gasteiger partial charge in [0.25, 0.3) is 0 Å². The SMILES string of the molecule is CC/C=C\C[C@@H](O)/C=C/C1=C(CCCCC(=O)O)C(=O)CC1. The van der Waals surface area contributed by atoms with E-state index in [0.29, 0.717) is 32.1 Å². The Kier molecular flexibility index (Phi) is 8.44. The summed E-state index contributed by atoms with van der Waals surface area (Å²) in [6, 6.07) is 0.